The lowest BCUT2D eigenvalue weighted by molar-refractivity contribution is 0.325. The molecule has 0 spiro atoms. The van der Waals surface area contributed by atoms with E-state index in [2.05, 4.69) is 9.88 Å². The third-order valence-electron chi connectivity index (χ3n) is 5.53. The van der Waals surface area contributed by atoms with Crippen molar-refractivity contribution in [1.29, 1.82) is 0 Å². The lowest BCUT2D eigenvalue weighted by Crippen LogP contribution is -2.25. The number of hydrogen-bond donors (Lipinski definition) is 0. The van der Waals surface area contributed by atoms with Crippen molar-refractivity contribution in [3.05, 3.63) is 72.7 Å². The smallest absolute Gasteiger partial charge is 0.167 e. The van der Waals surface area contributed by atoms with Crippen LogP contribution < -0.4 is 23.8 Å². The van der Waals surface area contributed by atoms with E-state index >= 15 is 4.39 Å². The topological polar surface area (TPSA) is 53.1 Å². The third kappa shape index (κ3) is 4.41. The fraction of sp³-hybridized carbons (Fsp3) is 0.192. The van der Waals surface area contributed by atoms with E-state index in [1.807, 2.05) is 30.3 Å². The molecular formula is C26H23FN2O4S. The zero-order valence-electron chi connectivity index (χ0n) is 18.8. The molecule has 2 heterocycles. The number of benzene rings is 3. The number of halogens is 1. The average Bonchev–Trinajstić information content (AvgIpc) is 3.25. The molecular weight excluding hydrogens is 455 g/mol. The Hall–Kier alpha value is -3.65. The molecule has 8 heteroatoms. The lowest BCUT2D eigenvalue weighted by atomic mass is 10.1. The Morgan fingerprint density at radius 3 is 2.53 bits per heavy atom. The zero-order valence-corrected chi connectivity index (χ0v) is 19.6. The maximum atomic E-state index is 15.1. The van der Waals surface area contributed by atoms with Gasteiger partial charge >= 0.3 is 0 Å². The van der Waals surface area contributed by atoms with Gasteiger partial charge in [0, 0.05) is 28.6 Å². The van der Waals surface area contributed by atoms with E-state index in [4.69, 9.17) is 18.9 Å². The minimum absolute atomic E-state index is 0.163. The molecule has 3 aromatic carbocycles. The normalized spacial score (nSPS) is 12.5. The molecule has 0 amide bonds. The summed E-state index contributed by atoms with van der Waals surface area (Å²) in [5, 5.41) is 0.701. The highest BCUT2D eigenvalue weighted by Gasteiger charge is 2.23. The van der Waals surface area contributed by atoms with Crippen molar-refractivity contribution in [2.45, 2.75) is 4.90 Å². The summed E-state index contributed by atoms with van der Waals surface area (Å²) in [6.45, 7) is 1.17. The van der Waals surface area contributed by atoms with E-state index < -0.39 is 5.82 Å². The molecule has 1 aliphatic heterocycles. The van der Waals surface area contributed by atoms with Gasteiger partial charge in [0.15, 0.2) is 23.1 Å². The Morgan fingerprint density at radius 2 is 1.74 bits per heavy atom. The molecule has 0 atom stereocenters. The number of pyridine rings is 1. The molecule has 0 saturated heterocycles. The second kappa shape index (κ2) is 9.69. The number of nitrogens with zero attached hydrogens (tertiary/aromatic N) is 2. The van der Waals surface area contributed by atoms with Gasteiger partial charge in [0.1, 0.15) is 18.1 Å². The summed E-state index contributed by atoms with van der Waals surface area (Å²) >= 11 is 1.65. The van der Waals surface area contributed by atoms with Gasteiger partial charge in [-0.3, -0.25) is 4.98 Å². The van der Waals surface area contributed by atoms with E-state index in [-0.39, 0.29) is 5.75 Å². The number of hydrogen-bond acceptors (Lipinski definition) is 7. The molecule has 34 heavy (non-hydrogen) atoms. The average molecular weight is 479 g/mol. The quantitative estimate of drug-likeness (QED) is 0.302. The van der Waals surface area contributed by atoms with Gasteiger partial charge in [-0.05, 0) is 30.3 Å². The number of rotatable bonds is 8. The number of methoxy groups -OCH3 is 2. The van der Waals surface area contributed by atoms with Gasteiger partial charge in [-0.15, -0.1) is 11.8 Å². The first kappa shape index (κ1) is 22.2. The van der Waals surface area contributed by atoms with Gasteiger partial charge in [0.2, 0.25) is 0 Å². The molecule has 0 fully saturated rings. The van der Waals surface area contributed by atoms with Gasteiger partial charge in [-0.1, -0.05) is 18.2 Å². The second-order valence-electron chi connectivity index (χ2n) is 7.58. The van der Waals surface area contributed by atoms with Gasteiger partial charge in [0.05, 0.1) is 37.8 Å². The van der Waals surface area contributed by atoms with Crippen LogP contribution in [0.1, 0.15) is 0 Å². The van der Waals surface area contributed by atoms with Crippen molar-refractivity contribution >= 4 is 28.4 Å². The third-order valence-corrected chi connectivity index (χ3v) is 6.61. The SMILES string of the molecule is COc1cc2nccc(Oc3cc4c(cc3F)N(CCOc3ccccc3)CS4)c2cc1OC. The molecule has 1 aliphatic rings. The molecule has 0 bridgehead atoms. The number of para-hydroxylation sites is 1. The predicted octanol–water partition coefficient (Wildman–Crippen LogP) is 6.13. The highest BCUT2D eigenvalue weighted by atomic mass is 32.2. The van der Waals surface area contributed by atoms with Crippen molar-refractivity contribution in [3.8, 4) is 28.7 Å². The van der Waals surface area contributed by atoms with Crippen molar-refractivity contribution in [2.24, 2.45) is 0 Å². The number of aromatic nitrogens is 1. The first-order valence-electron chi connectivity index (χ1n) is 10.7. The van der Waals surface area contributed by atoms with Crippen LogP contribution in [0.3, 0.4) is 0 Å². The minimum Gasteiger partial charge on any atom is -0.493 e. The Balaban J connectivity index is 1.36. The summed E-state index contributed by atoms with van der Waals surface area (Å²) in [4.78, 5) is 7.45. The fourth-order valence-electron chi connectivity index (χ4n) is 3.81. The van der Waals surface area contributed by atoms with Crippen LogP contribution in [0.15, 0.2) is 71.8 Å². The molecule has 174 valence electrons. The molecule has 1 aromatic heterocycles. The number of ether oxygens (including phenoxy) is 4. The highest BCUT2D eigenvalue weighted by molar-refractivity contribution is 7.99. The summed E-state index contributed by atoms with van der Waals surface area (Å²) in [6, 6.07) is 18.2. The van der Waals surface area contributed by atoms with Crippen molar-refractivity contribution in [3.63, 3.8) is 0 Å². The molecule has 4 aromatic rings. The van der Waals surface area contributed by atoms with Gasteiger partial charge in [-0.2, -0.15) is 0 Å². The van der Waals surface area contributed by atoms with E-state index in [1.165, 1.54) is 6.07 Å². The van der Waals surface area contributed by atoms with Crippen LogP contribution in [0, 0.1) is 5.82 Å². The van der Waals surface area contributed by atoms with Crippen molar-refractivity contribution in [2.75, 3.05) is 38.1 Å². The summed E-state index contributed by atoms with van der Waals surface area (Å²) in [5.41, 5.74) is 1.51. The molecule has 0 unspecified atom stereocenters. The van der Waals surface area contributed by atoms with Crippen LogP contribution in [0.4, 0.5) is 10.1 Å². The summed E-state index contributed by atoms with van der Waals surface area (Å²) < 4.78 is 37.7. The van der Waals surface area contributed by atoms with Gasteiger partial charge in [-0.25, -0.2) is 4.39 Å². The summed E-state index contributed by atoms with van der Waals surface area (Å²) in [6.07, 6.45) is 1.62. The number of anilines is 1. The fourth-order valence-corrected chi connectivity index (χ4v) is 4.90. The van der Waals surface area contributed by atoms with Crippen LogP contribution in [0.2, 0.25) is 0 Å². The van der Waals surface area contributed by atoms with Crippen LogP contribution in [0.25, 0.3) is 10.9 Å². The van der Waals surface area contributed by atoms with Crippen LogP contribution in [-0.2, 0) is 0 Å². The first-order chi connectivity index (χ1) is 16.7. The van der Waals surface area contributed by atoms with Crippen molar-refractivity contribution < 1.29 is 23.3 Å². The van der Waals surface area contributed by atoms with Gasteiger partial charge < -0.3 is 23.8 Å². The largest absolute Gasteiger partial charge is 0.493 e. The molecule has 0 radical (unpaired) electrons. The van der Waals surface area contributed by atoms with Crippen LogP contribution in [0.5, 0.6) is 28.7 Å². The Labute approximate surface area is 201 Å². The molecule has 0 N–H and O–H groups in total. The summed E-state index contributed by atoms with van der Waals surface area (Å²) in [5.74, 6) is 2.88. The lowest BCUT2D eigenvalue weighted by Gasteiger charge is -2.19. The molecule has 0 aliphatic carbocycles. The Kier molecular flexibility index (Phi) is 6.31. The predicted molar refractivity (Wildman–Crippen MR) is 131 cm³/mol. The Morgan fingerprint density at radius 1 is 0.941 bits per heavy atom. The maximum absolute atomic E-state index is 15.1. The van der Waals surface area contributed by atoms with E-state index in [0.29, 0.717) is 41.3 Å². The minimum atomic E-state index is -0.430. The Bertz CT molecular complexity index is 1320. The number of thioether (sulfide) groups is 1. The van der Waals surface area contributed by atoms with Crippen molar-refractivity contribution in [1.82, 2.24) is 4.98 Å². The zero-order chi connectivity index (χ0) is 23.5. The number of fused-ring (bicyclic) bond motifs is 2. The van der Waals surface area contributed by atoms with Crippen LogP contribution in [-0.4, -0.2) is 38.2 Å². The highest BCUT2D eigenvalue weighted by Crippen LogP contribution is 2.44. The monoisotopic (exact) mass is 478 g/mol. The van der Waals surface area contributed by atoms with Gasteiger partial charge in [0.25, 0.3) is 0 Å². The van der Waals surface area contributed by atoms with E-state index in [1.54, 1.807) is 56.4 Å². The molecule has 5 rings (SSSR count). The molecule has 0 saturated carbocycles. The van der Waals surface area contributed by atoms with Crippen LogP contribution >= 0.6 is 11.8 Å². The molecule has 6 nitrogen and oxygen atoms in total. The maximum Gasteiger partial charge on any atom is 0.167 e. The van der Waals surface area contributed by atoms with E-state index in [0.717, 1.165) is 22.2 Å². The standard InChI is InChI=1S/C26H23FN2O4S/c1-30-24-12-18-20(14-25(24)31-2)28-9-8-22(18)33-23-15-26-21(13-19(23)27)29(16-34-26)10-11-32-17-6-4-3-5-7-17/h3-9,12-15H,10-11,16H2,1-2H3. The summed E-state index contributed by atoms with van der Waals surface area (Å²) in [7, 11) is 3.13. The van der Waals surface area contributed by atoms with E-state index in [9.17, 15) is 0 Å². The second-order valence-corrected chi connectivity index (χ2v) is 8.57. The first-order valence-corrected chi connectivity index (χ1v) is 11.7.